The van der Waals surface area contributed by atoms with Gasteiger partial charge in [-0.1, -0.05) is 35.3 Å². The van der Waals surface area contributed by atoms with E-state index in [1.807, 2.05) is 0 Å². The van der Waals surface area contributed by atoms with Crippen molar-refractivity contribution in [2.75, 3.05) is 0 Å². The summed E-state index contributed by atoms with van der Waals surface area (Å²) < 4.78 is 22.2. The van der Waals surface area contributed by atoms with Gasteiger partial charge in [-0.3, -0.25) is 19.4 Å². The molecule has 1 fully saturated rings. The molecule has 0 spiro atoms. The van der Waals surface area contributed by atoms with E-state index < -0.39 is 46.0 Å². The van der Waals surface area contributed by atoms with Gasteiger partial charge in [0.25, 0.3) is 17.9 Å². The molecular weight excluding hydrogens is 582 g/mol. The van der Waals surface area contributed by atoms with Crippen LogP contribution in [0.4, 0.5) is 4.39 Å². The van der Waals surface area contributed by atoms with Gasteiger partial charge in [0, 0.05) is 16.8 Å². The number of carbonyl (C=O) groups is 1. The Bertz CT molecular complexity index is 1500. The molecule has 3 aromatic rings. The second kappa shape index (κ2) is 9.66. The van der Waals surface area contributed by atoms with Gasteiger partial charge in [0.2, 0.25) is 5.72 Å². The number of fused-ring (bicyclic) bond motifs is 1. The van der Waals surface area contributed by atoms with E-state index in [1.54, 1.807) is 0 Å². The van der Waals surface area contributed by atoms with Crippen molar-refractivity contribution < 1.29 is 44.6 Å². The van der Waals surface area contributed by atoms with Gasteiger partial charge in [-0.05, 0) is 68.7 Å². The highest BCUT2D eigenvalue weighted by Crippen LogP contribution is 2.62. The fraction of sp³-hybridized carbons (Fsp3) is 0.357. The number of aliphatic hydroxyl groups is 6. The van der Waals surface area contributed by atoms with Crippen LogP contribution < -0.4 is 0 Å². The molecule has 0 radical (unpaired) electrons. The third kappa shape index (κ3) is 4.81. The number of amides is 1. The Morgan fingerprint density at radius 2 is 1.59 bits per heavy atom. The Morgan fingerprint density at radius 1 is 0.976 bits per heavy atom. The molecule has 6 N–H and O–H groups in total. The van der Waals surface area contributed by atoms with E-state index in [0.29, 0.717) is 5.02 Å². The van der Waals surface area contributed by atoms with Crippen LogP contribution in [-0.4, -0.2) is 58.4 Å². The Morgan fingerprint density at radius 3 is 2.10 bits per heavy atom. The number of halogens is 3. The van der Waals surface area contributed by atoms with E-state index >= 15 is 4.39 Å². The van der Waals surface area contributed by atoms with Gasteiger partial charge in [0.1, 0.15) is 11.2 Å². The zero-order chi connectivity index (χ0) is 30.2. The average Bonchev–Trinajstić information content (AvgIpc) is 3.66. The maximum atomic E-state index is 16.3. The standard InChI is InChI=1S/C28H27Cl2FN2O8/c1-24(2,35)16-11-20-22(21(31)12-16)26(15-3-5-17(29)6-4-15,41-28(39,40)25(9-10-25)27(36,37)38)33(23(20)34)14-19-8-7-18(30)13-32-19/h3-8,11-13,35-40H,9-10,14H2,1-2H3/t26-/m1/s1. The van der Waals surface area contributed by atoms with Crippen molar-refractivity contribution in [2.45, 2.75) is 56.5 Å². The summed E-state index contributed by atoms with van der Waals surface area (Å²) in [4.78, 5) is 19.3. The Hall–Kier alpha value is -2.71. The number of nitrogens with zero attached hydrogens (tertiary/aromatic N) is 2. The quantitative estimate of drug-likeness (QED) is 0.211. The minimum atomic E-state index is -3.62. The van der Waals surface area contributed by atoms with Crippen molar-refractivity contribution in [1.29, 1.82) is 0 Å². The normalized spacial score (nSPS) is 20.4. The van der Waals surface area contributed by atoms with Crippen LogP contribution in [0, 0.1) is 11.2 Å². The van der Waals surface area contributed by atoms with Gasteiger partial charge in [0.05, 0.1) is 34.0 Å². The number of hydrogen-bond donors (Lipinski definition) is 6. The zero-order valence-electron chi connectivity index (χ0n) is 21.8. The number of hydrogen-bond acceptors (Lipinski definition) is 9. The van der Waals surface area contributed by atoms with Gasteiger partial charge in [-0.25, -0.2) is 4.39 Å². The van der Waals surface area contributed by atoms with Crippen LogP contribution in [0.3, 0.4) is 0 Å². The molecule has 13 heteroatoms. The fourth-order valence-corrected chi connectivity index (χ4v) is 5.43. The van der Waals surface area contributed by atoms with Crippen LogP contribution in [0.1, 0.15) is 59.4 Å². The molecule has 2 heterocycles. The number of carbonyl (C=O) groups excluding carboxylic acids is 1. The summed E-state index contributed by atoms with van der Waals surface area (Å²) in [5, 5.41) is 63.9. The maximum absolute atomic E-state index is 16.3. The number of ether oxygens (including phenoxy) is 1. The Kier molecular flexibility index (Phi) is 7.02. The first-order valence-electron chi connectivity index (χ1n) is 12.5. The molecule has 1 amide bonds. The van der Waals surface area contributed by atoms with Crippen molar-refractivity contribution in [1.82, 2.24) is 9.88 Å². The summed E-state index contributed by atoms with van der Waals surface area (Å²) in [6, 6.07) is 10.8. The molecule has 2 aromatic carbocycles. The first-order valence-corrected chi connectivity index (χ1v) is 13.3. The fourth-order valence-electron chi connectivity index (χ4n) is 5.19. The molecule has 0 unspecified atom stereocenters. The van der Waals surface area contributed by atoms with Gasteiger partial charge in [-0.2, -0.15) is 0 Å². The Balaban J connectivity index is 1.81. The summed E-state index contributed by atoms with van der Waals surface area (Å²) in [5.74, 6) is -9.03. The SMILES string of the molecule is CC(C)(O)c1cc(F)c2c(c1)C(=O)N(Cc1ccc(Cl)cn1)[C@@]2(OC(O)(O)C1(C(O)(O)O)CC1)c1ccc(Cl)cc1. The summed E-state index contributed by atoms with van der Waals surface area (Å²) in [7, 11) is 0. The molecule has 218 valence electrons. The van der Waals surface area contributed by atoms with Crippen molar-refractivity contribution in [3.05, 3.63) is 98.5 Å². The number of benzene rings is 2. The van der Waals surface area contributed by atoms with Crippen LogP contribution >= 0.6 is 23.2 Å². The predicted molar refractivity (Wildman–Crippen MR) is 142 cm³/mol. The average molecular weight is 609 g/mol. The molecule has 1 aromatic heterocycles. The first kappa shape index (κ1) is 29.8. The van der Waals surface area contributed by atoms with Crippen LogP contribution in [-0.2, 0) is 22.6 Å². The van der Waals surface area contributed by atoms with Gasteiger partial charge in [0.15, 0.2) is 0 Å². The molecule has 1 saturated carbocycles. The highest BCUT2D eigenvalue weighted by Gasteiger charge is 2.74. The van der Waals surface area contributed by atoms with E-state index in [0.717, 1.165) is 11.0 Å². The van der Waals surface area contributed by atoms with Gasteiger partial charge in [-0.15, -0.1) is 0 Å². The number of rotatable bonds is 8. The molecule has 1 aliphatic carbocycles. The van der Waals surface area contributed by atoms with E-state index in [2.05, 4.69) is 4.98 Å². The van der Waals surface area contributed by atoms with Crippen LogP contribution in [0.5, 0.6) is 0 Å². The molecule has 0 bridgehead atoms. The van der Waals surface area contributed by atoms with Crippen molar-refractivity contribution in [2.24, 2.45) is 5.41 Å². The maximum Gasteiger partial charge on any atom is 0.294 e. The Labute approximate surface area is 243 Å². The molecular formula is C28H27Cl2FN2O8. The highest BCUT2D eigenvalue weighted by molar-refractivity contribution is 6.30. The molecule has 5 rings (SSSR count). The summed E-state index contributed by atoms with van der Waals surface area (Å²) in [5.41, 5.74) is -6.89. The second-order valence-corrected chi connectivity index (χ2v) is 11.8. The van der Waals surface area contributed by atoms with Gasteiger partial charge >= 0.3 is 0 Å². The minimum Gasteiger partial charge on any atom is -0.386 e. The lowest BCUT2D eigenvalue weighted by Gasteiger charge is -2.46. The van der Waals surface area contributed by atoms with E-state index in [1.165, 1.54) is 62.5 Å². The van der Waals surface area contributed by atoms with Crippen LogP contribution in [0.2, 0.25) is 10.0 Å². The van der Waals surface area contributed by atoms with E-state index in [4.69, 9.17) is 27.9 Å². The number of pyridine rings is 1. The zero-order valence-corrected chi connectivity index (χ0v) is 23.4. The van der Waals surface area contributed by atoms with E-state index in [9.17, 15) is 35.4 Å². The van der Waals surface area contributed by atoms with Crippen LogP contribution in [0.25, 0.3) is 0 Å². The third-order valence-corrected chi connectivity index (χ3v) is 8.12. The van der Waals surface area contributed by atoms with Gasteiger partial charge < -0.3 is 30.6 Å². The smallest absolute Gasteiger partial charge is 0.294 e. The number of aromatic nitrogens is 1. The second-order valence-electron chi connectivity index (χ2n) is 10.9. The summed E-state index contributed by atoms with van der Waals surface area (Å²) >= 11 is 12.1. The highest BCUT2D eigenvalue weighted by atomic mass is 35.5. The lowest BCUT2D eigenvalue weighted by atomic mass is 9.88. The topological polar surface area (TPSA) is 164 Å². The molecule has 0 saturated heterocycles. The van der Waals surface area contributed by atoms with Crippen LogP contribution in [0.15, 0.2) is 54.7 Å². The lowest BCUT2D eigenvalue weighted by molar-refractivity contribution is -0.484. The van der Waals surface area contributed by atoms with Crippen molar-refractivity contribution in [3.8, 4) is 0 Å². The van der Waals surface area contributed by atoms with Crippen molar-refractivity contribution in [3.63, 3.8) is 0 Å². The van der Waals surface area contributed by atoms with E-state index in [-0.39, 0.29) is 46.8 Å². The first-order chi connectivity index (χ1) is 18.9. The minimum absolute atomic E-state index is 0.000525. The largest absolute Gasteiger partial charge is 0.386 e. The molecule has 10 nitrogen and oxygen atoms in total. The summed E-state index contributed by atoms with van der Waals surface area (Å²) in [6.45, 7) is 2.42. The monoisotopic (exact) mass is 608 g/mol. The van der Waals surface area contributed by atoms with Crippen molar-refractivity contribution >= 4 is 29.1 Å². The summed E-state index contributed by atoms with van der Waals surface area (Å²) in [6.07, 6.45) is 0.710. The predicted octanol–water partition coefficient (Wildman–Crippen LogP) is 2.68. The molecule has 1 atom stereocenters. The molecule has 41 heavy (non-hydrogen) atoms. The molecule has 2 aliphatic rings. The molecule has 1 aliphatic heterocycles. The lowest BCUT2D eigenvalue weighted by Crippen LogP contribution is -2.61. The third-order valence-electron chi connectivity index (χ3n) is 7.64.